The van der Waals surface area contributed by atoms with Gasteiger partial charge in [-0.25, -0.2) is 0 Å². The van der Waals surface area contributed by atoms with E-state index in [1.165, 1.54) is 4.90 Å². The second-order valence-corrected chi connectivity index (χ2v) is 14.4. The van der Waals surface area contributed by atoms with Crippen molar-refractivity contribution in [2.45, 2.75) is 135 Å². The van der Waals surface area contributed by atoms with Gasteiger partial charge in [-0.15, -0.1) is 0 Å². The van der Waals surface area contributed by atoms with E-state index in [2.05, 4.69) is 39.8 Å². The standard InChI is InChI=1S/C33H68N2O12/c1-8-11-31(2,3)24-45-17-12-32(4,5)46-18-13-33(6,7)47-21-20-44-19-14-35(23-28(40)30(42)26(38)10-16-37)22-27(39)29(41)25(34-43)9-15-36/h25-30,36-42H,8-24H2,1-7H3. The van der Waals surface area contributed by atoms with E-state index >= 15 is 0 Å². The molecule has 0 aromatic carbocycles. The molecule has 7 N–H and O–H groups in total. The van der Waals surface area contributed by atoms with Crippen LogP contribution in [-0.4, -0.2) is 161 Å². The SMILES string of the molecule is CCCC(C)(C)COCCC(C)(C)OCCC(C)(C)OCCOCCN(CC(O)C(O)C(O)CCO)CC(O)C(O)C(CCO)N=O. The van der Waals surface area contributed by atoms with Crippen molar-refractivity contribution >= 4 is 0 Å². The van der Waals surface area contributed by atoms with Gasteiger partial charge in [0.05, 0.1) is 62.5 Å². The molecule has 0 aliphatic carbocycles. The lowest BCUT2D eigenvalue weighted by Gasteiger charge is -2.32. The van der Waals surface area contributed by atoms with Crippen LogP contribution in [0.4, 0.5) is 0 Å². The molecule has 0 amide bonds. The van der Waals surface area contributed by atoms with Gasteiger partial charge in [0.1, 0.15) is 18.2 Å². The first kappa shape index (κ1) is 46.1. The minimum atomic E-state index is -1.56. The molecule has 6 unspecified atom stereocenters. The molecular weight excluding hydrogens is 616 g/mol. The third-order valence-corrected chi connectivity index (χ3v) is 8.19. The van der Waals surface area contributed by atoms with Gasteiger partial charge in [0.25, 0.3) is 0 Å². The topological polar surface area (TPSA) is 211 Å². The molecule has 0 fully saturated rings. The van der Waals surface area contributed by atoms with Gasteiger partial charge in [-0.2, -0.15) is 4.91 Å². The average molecular weight is 685 g/mol. The molecule has 0 rings (SSSR count). The van der Waals surface area contributed by atoms with Crippen LogP contribution in [0.2, 0.25) is 0 Å². The van der Waals surface area contributed by atoms with E-state index in [0.717, 1.165) is 25.9 Å². The van der Waals surface area contributed by atoms with Gasteiger partial charge in [0, 0.05) is 39.5 Å². The summed E-state index contributed by atoms with van der Waals surface area (Å²) in [5.74, 6) is 0. The predicted octanol–water partition coefficient (Wildman–Crippen LogP) is 1.22. The highest BCUT2D eigenvalue weighted by atomic mass is 16.5. The van der Waals surface area contributed by atoms with Crippen molar-refractivity contribution < 1.29 is 54.7 Å². The molecule has 0 saturated heterocycles. The van der Waals surface area contributed by atoms with Crippen LogP contribution in [0, 0.1) is 10.3 Å². The van der Waals surface area contributed by atoms with E-state index in [1.807, 2.05) is 13.8 Å². The van der Waals surface area contributed by atoms with Crippen LogP contribution in [0.3, 0.4) is 0 Å². The Morgan fingerprint density at radius 1 is 0.660 bits per heavy atom. The number of ether oxygens (including phenoxy) is 4. The van der Waals surface area contributed by atoms with Crippen molar-refractivity contribution in [2.24, 2.45) is 10.6 Å². The van der Waals surface area contributed by atoms with Crippen molar-refractivity contribution in [3.05, 3.63) is 4.91 Å². The van der Waals surface area contributed by atoms with E-state index in [0.29, 0.717) is 26.2 Å². The number of hydrogen-bond donors (Lipinski definition) is 7. The highest BCUT2D eigenvalue weighted by Crippen LogP contribution is 2.24. The molecule has 14 heteroatoms. The summed E-state index contributed by atoms with van der Waals surface area (Å²) in [4.78, 5) is 12.6. The van der Waals surface area contributed by atoms with Crippen LogP contribution in [0.1, 0.15) is 87.0 Å². The highest BCUT2D eigenvalue weighted by Gasteiger charge is 2.31. The molecule has 6 atom stereocenters. The van der Waals surface area contributed by atoms with Gasteiger partial charge in [0.2, 0.25) is 0 Å². The fraction of sp³-hybridized carbons (Fsp3) is 1.00. The second kappa shape index (κ2) is 24.3. The summed E-state index contributed by atoms with van der Waals surface area (Å²) < 4.78 is 23.8. The van der Waals surface area contributed by atoms with E-state index in [-0.39, 0.29) is 63.3 Å². The van der Waals surface area contributed by atoms with Crippen molar-refractivity contribution in [2.75, 3.05) is 72.5 Å². The van der Waals surface area contributed by atoms with Gasteiger partial charge < -0.3 is 54.7 Å². The number of nitrogens with zero attached hydrogens (tertiary/aromatic N) is 2. The summed E-state index contributed by atoms with van der Waals surface area (Å²) in [6, 6.07) is -1.23. The predicted molar refractivity (Wildman–Crippen MR) is 179 cm³/mol. The Balaban J connectivity index is 4.74. The van der Waals surface area contributed by atoms with Gasteiger partial charge in [-0.05, 0) is 65.2 Å². The Bertz CT molecular complexity index is 789. The van der Waals surface area contributed by atoms with Gasteiger partial charge in [-0.3, -0.25) is 4.90 Å². The van der Waals surface area contributed by atoms with Gasteiger partial charge >= 0.3 is 0 Å². The molecule has 282 valence electrons. The van der Waals surface area contributed by atoms with Gasteiger partial charge in [-0.1, -0.05) is 32.4 Å². The lowest BCUT2D eigenvalue weighted by atomic mass is 9.89. The first-order chi connectivity index (χ1) is 21.9. The molecule has 0 aliphatic rings. The minimum Gasteiger partial charge on any atom is -0.396 e. The lowest BCUT2D eigenvalue weighted by molar-refractivity contribution is -0.0938. The smallest absolute Gasteiger partial charge is 0.122 e. The molecule has 47 heavy (non-hydrogen) atoms. The summed E-state index contributed by atoms with van der Waals surface area (Å²) >= 11 is 0. The number of aliphatic hydroxyl groups excluding tert-OH is 7. The maximum atomic E-state index is 11.1. The van der Waals surface area contributed by atoms with Crippen molar-refractivity contribution in [1.29, 1.82) is 0 Å². The van der Waals surface area contributed by atoms with Crippen LogP contribution < -0.4 is 0 Å². The van der Waals surface area contributed by atoms with E-state index < -0.39 is 48.8 Å². The maximum Gasteiger partial charge on any atom is 0.122 e. The molecule has 14 nitrogen and oxygen atoms in total. The third kappa shape index (κ3) is 21.7. The average Bonchev–Trinajstić information content (AvgIpc) is 2.98. The largest absolute Gasteiger partial charge is 0.396 e. The lowest BCUT2D eigenvalue weighted by Crippen LogP contribution is -2.50. The Morgan fingerprint density at radius 3 is 1.77 bits per heavy atom. The zero-order chi connectivity index (χ0) is 36.1. The normalized spacial score (nSPS) is 17.0. The molecule has 0 heterocycles. The number of hydrogen-bond acceptors (Lipinski definition) is 14. The molecule has 0 radical (unpaired) electrons. The second-order valence-electron chi connectivity index (χ2n) is 14.4. The molecule has 0 bridgehead atoms. The molecular formula is C33H68N2O12. The fourth-order valence-corrected chi connectivity index (χ4v) is 5.04. The van der Waals surface area contributed by atoms with Crippen molar-refractivity contribution in [3.63, 3.8) is 0 Å². The molecule has 0 saturated carbocycles. The Labute approximate surface area is 282 Å². The van der Waals surface area contributed by atoms with E-state index in [9.17, 15) is 30.4 Å². The Morgan fingerprint density at radius 2 is 1.21 bits per heavy atom. The Kier molecular flexibility index (Phi) is 23.8. The van der Waals surface area contributed by atoms with Crippen LogP contribution in [0.5, 0.6) is 0 Å². The van der Waals surface area contributed by atoms with Crippen molar-refractivity contribution in [1.82, 2.24) is 4.90 Å². The molecule has 0 aliphatic heterocycles. The molecule has 0 spiro atoms. The Hall–Kier alpha value is -0.880. The third-order valence-electron chi connectivity index (χ3n) is 8.19. The zero-order valence-electron chi connectivity index (χ0n) is 30.1. The summed E-state index contributed by atoms with van der Waals surface area (Å²) in [5.41, 5.74) is -0.609. The molecule has 0 aromatic rings. The van der Waals surface area contributed by atoms with Gasteiger partial charge in [0.15, 0.2) is 0 Å². The summed E-state index contributed by atoms with van der Waals surface area (Å²) in [7, 11) is 0. The minimum absolute atomic E-state index is 0.132. The fourth-order valence-electron chi connectivity index (χ4n) is 5.04. The van der Waals surface area contributed by atoms with Crippen LogP contribution in [0.25, 0.3) is 0 Å². The zero-order valence-corrected chi connectivity index (χ0v) is 30.1. The van der Waals surface area contributed by atoms with E-state index in [1.54, 1.807) is 0 Å². The number of nitroso groups, excluding NO2 is 1. The summed E-state index contributed by atoms with van der Waals surface area (Å²) in [6.45, 7) is 16.3. The molecule has 0 aromatic heterocycles. The summed E-state index contributed by atoms with van der Waals surface area (Å²) in [5, 5.41) is 72.4. The quantitative estimate of drug-likeness (QED) is 0.0405. The first-order valence-electron chi connectivity index (χ1n) is 17.0. The highest BCUT2D eigenvalue weighted by molar-refractivity contribution is 4.85. The monoisotopic (exact) mass is 684 g/mol. The van der Waals surface area contributed by atoms with E-state index in [4.69, 9.17) is 29.2 Å². The number of rotatable bonds is 31. The first-order valence-corrected chi connectivity index (χ1v) is 17.0. The maximum absolute atomic E-state index is 11.1. The van der Waals surface area contributed by atoms with Crippen molar-refractivity contribution in [3.8, 4) is 0 Å². The summed E-state index contributed by atoms with van der Waals surface area (Å²) in [6.07, 6.45) is -3.94. The van der Waals surface area contributed by atoms with Crippen LogP contribution in [-0.2, 0) is 18.9 Å². The van der Waals surface area contributed by atoms with Crippen LogP contribution >= 0.6 is 0 Å². The number of aliphatic hydroxyl groups is 7. The van der Waals surface area contributed by atoms with Crippen LogP contribution in [0.15, 0.2) is 5.18 Å².